The van der Waals surface area contributed by atoms with E-state index in [0.717, 1.165) is 24.5 Å². The Hall–Kier alpha value is -1.55. The zero-order valence-electron chi connectivity index (χ0n) is 10.8. The molecular weight excluding hydrogens is 228 g/mol. The van der Waals surface area contributed by atoms with Crippen LogP contribution in [0.5, 0.6) is 5.75 Å². The molecule has 1 aromatic rings. The van der Waals surface area contributed by atoms with Crippen molar-refractivity contribution in [1.82, 2.24) is 4.90 Å². The fraction of sp³-hybridized carbons (Fsp3) is 0.500. The second kappa shape index (κ2) is 6.40. The molecule has 1 aliphatic rings. The molecule has 0 atom stereocenters. The molecule has 1 saturated heterocycles. The Bertz CT molecular complexity index is 401. The lowest BCUT2D eigenvalue weighted by molar-refractivity contribution is -0.117. The first-order chi connectivity index (χ1) is 8.78. The summed E-state index contributed by atoms with van der Waals surface area (Å²) in [5.41, 5.74) is 0.788. The van der Waals surface area contributed by atoms with E-state index in [9.17, 15) is 4.79 Å². The number of hydrogen-bond acceptors (Lipinski definition) is 3. The summed E-state index contributed by atoms with van der Waals surface area (Å²) in [5, 5.41) is 2.90. The van der Waals surface area contributed by atoms with Crippen LogP contribution in [0, 0.1) is 0 Å². The molecule has 1 N–H and O–H groups in total. The van der Waals surface area contributed by atoms with Gasteiger partial charge in [0.05, 0.1) is 13.7 Å². The van der Waals surface area contributed by atoms with Gasteiger partial charge in [-0.15, -0.1) is 0 Å². The molecule has 1 aliphatic heterocycles. The van der Waals surface area contributed by atoms with Crippen LogP contribution in [0.2, 0.25) is 0 Å². The van der Waals surface area contributed by atoms with Gasteiger partial charge in [0.15, 0.2) is 0 Å². The van der Waals surface area contributed by atoms with Crippen LogP contribution in [-0.4, -0.2) is 37.6 Å². The van der Waals surface area contributed by atoms with Crippen LogP contribution in [0.3, 0.4) is 0 Å². The van der Waals surface area contributed by atoms with Crippen LogP contribution in [-0.2, 0) is 4.79 Å². The highest BCUT2D eigenvalue weighted by Gasteiger charge is 2.13. The highest BCUT2D eigenvalue weighted by Crippen LogP contribution is 2.16. The van der Waals surface area contributed by atoms with Crippen molar-refractivity contribution < 1.29 is 9.53 Å². The SMILES string of the molecule is COc1cccc(NC(=O)CN2CCCCC2)c1. The van der Waals surface area contributed by atoms with Crippen molar-refractivity contribution in [2.75, 3.05) is 32.1 Å². The van der Waals surface area contributed by atoms with Gasteiger partial charge in [0.2, 0.25) is 5.91 Å². The molecule has 0 bridgehead atoms. The average Bonchev–Trinajstić information content (AvgIpc) is 2.40. The molecule has 1 aromatic carbocycles. The number of benzene rings is 1. The third-order valence-corrected chi connectivity index (χ3v) is 3.17. The topological polar surface area (TPSA) is 41.6 Å². The van der Waals surface area contributed by atoms with E-state index >= 15 is 0 Å². The molecule has 1 fully saturated rings. The molecular formula is C14H20N2O2. The van der Waals surface area contributed by atoms with Crippen LogP contribution in [0.25, 0.3) is 0 Å². The number of rotatable bonds is 4. The van der Waals surface area contributed by atoms with Crippen molar-refractivity contribution in [2.45, 2.75) is 19.3 Å². The van der Waals surface area contributed by atoms with E-state index in [-0.39, 0.29) is 5.91 Å². The maximum absolute atomic E-state index is 11.9. The van der Waals surface area contributed by atoms with Gasteiger partial charge in [0.25, 0.3) is 0 Å². The lowest BCUT2D eigenvalue weighted by atomic mass is 10.1. The number of carbonyl (C=O) groups is 1. The molecule has 1 amide bonds. The predicted molar refractivity (Wildman–Crippen MR) is 71.9 cm³/mol. The normalized spacial score (nSPS) is 16.3. The van der Waals surface area contributed by atoms with Crippen molar-refractivity contribution in [3.05, 3.63) is 24.3 Å². The molecule has 4 nitrogen and oxygen atoms in total. The quantitative estimate of drug-likeness (QED) is 0.887. The summed E-state index contributed by atoms with van der Waals surface area (Å²) in [6, 6.07) is 7.43. The Labute approximate surface area is 108 Å². The molecule has 0 unspecified atom stereocenters. The van der Waals surface area contributed by atoms with E-state index in [1.54, 1.807) is 7.11 Å². The van der Waals surface area contributed by atoms with Crippen LogP contribution < -0.4 is 10.1 Å². The van der Waals surface area contributed by atoms with Gasteiger partial charge >= 0.3 is 0 Å². The number of carbonyl (C=O) groups excluding carboxylic acids is 1. The maximum Gasteiger partial charge on any atom is 0.238 e. The minimum atomic E-state index is 0.0464. The maximum atomic E-state index is 11.9. The van der Waals surface area contributed by atoms with Crippen molar-refractivity contribution in [2.24, 2.45) is 0 Å². The molecule has 18 heavy (non-hydrogen) atoms. The molecule has 0 aromatic heterocycles. The van der Waals surface area contributed by atoms with Crippen LogP contribution in [0.4, 0.5) is 5.69 Å². The summed E-state index contributed by atoms with van der Waals surface area (Å²) >= 11 is 0. The first-order valence-corrected chi connectivity index (χ1v) is 6.44. The molecule has 0 spiro atoms. The van der Waals surface area contributed by atoms with Gasteiger partial charge < -0.3 is 10.1 Å². The van der Waals surface area contributed by atoms with Gasteiger partial charge in [0.1, 0.15) is 5.75 Å². The second-order valence-electron chi connectivity index (χ2n) is 4.62. The van der Waals surface area contributed by atoms with E-state index in [0.29, 0.717) is 6.54 Å². The molecule has 1 heterocycles. The van der Waals surface area contributed by atoms with E-state index < -0.39 is 0 Å². The molecule has 0 saturated carbocycles. The smallest absolute Gasteiger partial charge is 0.238 e. The Balaban J connectivity index is 1.85. The standard InChI is InChI=1S/C14H20N2O2/c1-18-13-7-5-6-12(10-13)15-14(17)11-16-8-3-2-4-9-16/h5-7,10H,2-4,8-9,11H2,1H3,(H,15,17). The average molecular weight is 248 g/mol. The van der Waals surface area contributed by atoms with Gasteiger partial charge in [-0.1, -0.05) is 12.5 Å². The number of nitrogens with one attached hydrogen (secondary N) is 1. The first kappa shape index (κ1) is 12.9. The monoisotopic (exact) mass is 248 g/mol. The number of anilines is 1. The van der Waals surface area contributed by atoms with Crippen molar-refractivity contribution in [3.8, 4) is 5.75 Å². The van der Waals surface area contributed by atoms with Gasteiger partial charge in [-0.2, -0.15) is 0 Å². The van der Waals surface area contributed by atoms with E-state index in [1.165, 1.54) is 19.3 Å². The lowest BCUT2D eigenvalue weighted by Gasteiger charge is -2.25. The molecule has 4 heteroatoms. The highest BCUT2D eigenvalue weighted by molar-refractivity contribution is 5.92. The third-order valence-electron chi connectivity index (χ3n) is 3.17. The zero-order valence-corrected chi connectivity index (χ0v) is 10.8. The number of nitrogens with zero attached hydrogens (tertiary/aromatic N) is 1. The van der Waals surface area contributed by atoms with Crippen LogP contribution in [0.15, 0.2) is 24.3 Å². The number of amides is 1. The van der Waals surface area contributed by atoms with Gasteiger partial charge in [-0.25, -0.2) is 0 Å². The fourth-order valence-electron chi connectivity index (χ4n) is 2.22. The van der Waals surface area contributed by atoms with Crippen molar-refractivity contribution in [1.29, 1.82) is 0 Å². The molecule has 0 radical (unpaired) electrons. The lowest BCUT2D eigenvalue weighted by Crippen LogP contribution is -2.36. The number of hydrogen-bond donors (Lipinski definition) is 1. The number of likely N-dealkylation sites (tertiary alicyclic amines) is 1. The third kappa shape index (κ3) is 3.74. The zero-order chi connectivity index (χ0) is 12.8. The summed E-state index contributed by atoms with van der Waals surface area (Å²) in [7, 11) is 1.62. The summed E-state index contributed by atoms with van der Waals surface area (Å²) in [4.78, 5) is 14.1. The Morgan fingerprint density at radius 1 is 1.33 bits per heavy atom. The van der Waals surface area contributed by atoms with E-state index in [2.05, 4.69) is 10.2 Å². The Kier molecular flexibility index (Phi) is 4.59. The van der Waals surface area contributed by atoms with Crippen molar-refractivity contribution in [3.63, 3.8) is 0 Å². The summed E-state index contributed by atoms with van der Waals surface area (Å²) in [5.74, 6) is 0.802. The van der Waals surface area contributed by atoms with E-state index in [4.69, 9.17) is 4.74 Å². The van der Waals surface area contributed by atoms with Crippen molar-refractivity contribution >= 4 is 11.6 Å². The molecule has 2 rings (SSSR count). The minimum absolute atomic E-state index is 0.0464. The minimum Gasteiger partial charge on any atom is -0.497 e. The number of ether oxygens (including phenoxy) is 1. The van der Waals surface area contributed by atoms with E-state index in [1.807, 2.05) is 24.3 Å². The summed E-state index contributed by atoms with van der Waals surface area (Å²) in [6.45, 7) is 2.55. The van der Waals surface area contributed by atoms with Crippen LogP contribution in [0.1, 0.15) is 19.3 Å². The fourth-order valence-corrected chi connectivity index (χ4v) is 2.22. The largest absolute Gasteiger partial charge is 0.497 e. The van der Waals surface area contributed by atoms with Gasteiger partial charge in [0, 0.05) is 11.8 Å². The number of piperidine rings is 1. The summed E-state index contributed by atoms with van der Waals surface area (Å²) < 4.78 is 5.12. The predicted octanol–water partition coefficient (Wildman–Crippen LogP) is 2.12. The molecule has 98 valence electrons. The van der Waals surface area contributed by atoms with Gasteiger partial charge in [-0.3, -0.25) is 9.69 Å². The Morgan fingerprint density at radius 3 is 2.83 bits per heavy atom. The van der Waals surface area contributed by atoms with Crippen LogP contribution >= 0.6 is 0 Å². The van der Waals surface area contributed by atoms with Gasteiger partial charge in [-0.05, 0) is 38.1 Å². The molecule has 0 aliphatic carbocycles. The summed E-state index contributed by atoms with van der Waals surface area (Å²) in [6.07, 6.45) is 3.69. The first-order valence-electron chi connectivity index (χ1n) is 6.44. The highest BCUT2D eigenvalue weighted by atomic mass is 16.5. The Morgan fingerprint density at radius 2 is 2.11 bits per heavy atom. The number of methoxy groups -OCH3 is 1. The second-order valence-corrected chi connectivity index (χ2v) is 4.62.